The second-order valence-corrected chi connectivity index (χ2v) is 4.92. The van der Waals surface area contributed by atoms with Crippen molar-refractivity contribution < 1.29 is 4.74 Å². The van der Waals surface area contributed by atoms with Gasteiger partial charge in [-0.1, -0.05) is 18.6 Å². The molecule has 0 saturated carbocycles. The first-order chi connectivity index (χ1) is 8.70. The van der Waals surface area contributed by atoms with Crippen LogP contribution in [0.15, 0.2) is 12.1 Å². The molecule has 0 radical (unpaired) electrons. The van der Waals surface area contributed by atoms with Crippen molar-refractivity contribution >= 4 is 17.2 Å². The van der Waals surface area contributed by atoms with Crippen LogP contribution in [0, 0.1) is 0 Å². The van der Waals surface area contributed by atoms with Gasteiger partial charge in [0.05, 0.1) is 23.8 Å². The molecule has 1 aromatic heterocycles. The average Bonchev–Trinajstić information content (AvgIpc) is 2.40. The monoisotopic (exact) mass is 266 g/mol. The summed E-state index contributed by atoms with van der Waals surface area (Å²) in [7, 11) is 1.58. The Morgan fingerprint density at radius 2 is 2.33 bits per heavy atom. The molecule has 2 N–H and O–H groups in total. The van der Waals surface area contributed by atoms with Crippen LogP contribution in [0.25, 0.3) is 0 Å². The van der Waals surface area contributed by atoms with E-state index in [0.717, 1.165) is 25.2 Å². The highest BCUT2D eigenvalue weighted by atomic mass is 32.1. The van der Waals surface area contributed by atoms with Gasteiger partial charge in [0, 0.05) is 12.6 Å². The standard InChI is InChI=1S/C12H18N4OS/c1-17-11-6-5-9(14-15-11)8-16-7-3-2-4-10(16)12(13)18/h5-6,10H,2-4,7-8H2,1H3,(H2,13,18). The zero-order valence-electron chi connectivity index (χ0n) is 10.5. The Morgan fingerprint density at radius 3 is 2.94 bits per heavy atom. The van der Waals surface area contributed by atoms with Crippen LogP contribution in [0.4, 0.5) is 0 Å². The Morgan fingerprint density at radius 1 is 1.50 bits per heavy atom. The Balaban J connectivity index is 2.03. The third kappa shape index (κ3) is 3.14. The molecule has 1 aliphatic heterocycles. The van der Waals surface area contributed by atoms with Gasteiger partial charge in [0.25, 0.3) is 0 Å². The lowest BCUT2D eigenvalue weighted by Gasteiger charge is -2.34. The SMILES string of the molecule is COc1ccc(CN2CCCCC2C(N)=S)nn1. The number of likely N-dealkylation sites (tertiary alicyclic amines) is 1. The van der Waals surface area contributed by atoms with E-state index in [1.165, 1.54) is 12.8 Å². The van der Waals surface area contributed by atoms with Gasteiger partial charge in [0.2, 0.25) is 5.88 Å². The van der Waals surface area contributed by atoms with Crippen LogP contribution < -0.4 is 10.5 Å². The lowest BCUT2D eigenvalue weighted by molar-refractivity contribution is 0.182. The van der Waals surface area contributed by atoms with Crippen molar-refractivity contribution in [3.05, 3.63) is 17.8 Å². The lowest BCUT2D eigenvalue weighted by atomic mass is 10.0. The van der Waals surface area contributed by atoms with Crippen molar-refractivity contribution in [1.82, 2.24) is 15.1 Å². The number of nitrogens with zero attached hydrogens (tertiary/aromatic N) is 3. The fourth-order valence-electron chi connectivity index (χ4n) is 2.25. The third-order valence-electron chi connectivity index (χ3n) is 3.21. The van der Waals surface area contributed by atoms with Crippen molar-refractivity contribution in [3.8, 4) is 5.88 Å². The van der Waals surface area contributed by atoms with Crippen molar-refractivity contribution in [3.63, 3.8) is 0 Å². The summed E-state index contributed by atoms with van der Waals surface area (Å²) in [6.07, 6.45) is 3.41. The van der Waals surface area contributed by atoms with E-state index in [1.807, 2.05) is 12.1 Å². The summed E-state index contributed by atoms with van der Waals surface area (Å²) in [5.41, 5.74) is 6.71. The minimum atomic E-state index is 0.192. The zero-order valence-corrected chi connectivity index (χ0v) is 11.3. The highest BCUT2D eigenvalue weighted by molar-refractivity contribution is 7.80. The maximum Gasteiger partial charge on any atom is 0.233 e. The minimum absolute atomic E-state index is 0.192. The molecule has 18 heavy (non-hydrogen) atoms. The van der Waals surface area contributed by atoms with Gasteiger partial charge in [-0.15, -0.1) is 5.10 Å². The van der Waals surface area contributed by atoms with Crippen LogP contribution >= 0.6 is 12.2 Å². The van der Waals surface area contributed by atoms with Gasteiger partial charge in [0.15, 0.2) is 0 Å². The highest BCUT2D eigenvalue weighted by Crippen LogP contribution is 2.19. The van der Waals surface area contributed by atoms with Crippen LogP contribution in [-0.4, -0.2) is 39.8 Å². The van der Waals surface area contributed by atoms with Gasteiger partial charge < -0.3 is 10.5 Å². The van der Waals surface area contributed by atoms with Gasteiger partial charge in [-0.05, 0) is 25.5 Å². The Hall–Kier alpha value is -1.27. The molecular weight excluding hydrogens is 248 g/mol. The van der Waals surface area contributed by atoms with E-state index in [0.29, 0.717) is 10.9 Å². The number of hydrogen-bond acceptors (Lipinski definition) is 5. The minimum Gasteiger partial charge on any atom is -0.480 e. The molecule has 0 aliphatic carbocycles. The topological polar surface area (TPSA) is 64.3 Å². The summed E-state index contributed by atoms with van der Waals surface area (Å²) < 4.78 is 4.99. The quantitative estimate of drug-likeness (QED) is 0.824. The predicted octanol–water partition coefficient (Wildman–Crippen LogP) is 1.13. The number of methoxy groups -OCH3 is 1. The molecule has 0 aromatic carbocycles. The zero-order chi connectivity index (χ0) is 13.0. The molecule has 2 rings (SSSR count). The second kappa shape index (κ2) is 6.06. The number of nitrogens with two attached hydrogens (primary N) is 1. The molecule has 1 atom stereocenters. The summed E-state index contributed by atoms with van der Waals surface area (Å²) >= 11 is 5.13. The summed E-state index contributed by atoms with van der Waals surface area (Å²) in [4.78, 5) is 2.86. The Labute approximate surface area is 112 Å². The van der Waals surface area contributed by atoms with Gasteiger partial charge in [0.1, 0.15) is 0 Å². The van der Waals surface area contributed by atoms with Crippen LogP contribution in [-0.2, 0) is 6.54 Å². The predicted molar refractivity (Wildman–Crippen MR) is 73.4 cm³/mol. The van der Waals surface area contributed by atoms with E-state index < -0.39 is 0 Å². The first kappa shape index (κ1) is 13.2. The van der Waals surface area contributed by atoms with Crippen molar-refractivity contribution in [1.29, 1.82) is 0 Å². The summed E-state index contributed by atoms with van der Waals surface area (Å²) in [6, 6.07) is 3.94. The van der Waals surface area contributed by atoms with Crippen molar-refractivity contribution in [2.75, 3.05) is 13.7 Å². The van der Waals surface area contributed by atoms with Crippen LogP contribution in [0.2, 0.25) is 0 Å². The molecule has 0 bridgehead atoms. The summed E-state index contributed by atoms with van der Waals surface area (Å²) in [5.74, 6) is 0.531. The number of thiocarbonyl (C=S) groups is 1. The molecule has 1 aromatic rings. The molecule has 1 saturated heterocycles. The Bertz CT molecular complexity index is 409. The molecule has 0 spiro atoms. The van der Waals surface area contributed by atoms with Crippen LogP contribution in [0.3, 0.4) is 0 Å². The maximum absolute atomic E-state index is 5.79. The molecule has 5 nitrogen and oxygen atoms in total. The number of ether oxygens (including phenoxy) is 1. The van der Waals surface area contributed by atoms with Crippen LogP contribution in [0.1, 0.15) is 25.0 Å². The molecule has 2 heterocycles. The second-order valence-electron chi connectivity index (χ2n) is 4.45. The normalized spacial score (nSPS) is 20.6. The number of hydrogen-bond donors (Lipinski definition) is 1. The molecule has 6 heteroatoms. The third-order valence-corrected chi connectivity index (χ3v) is 3.48. The highest BCUT2D eigenvalue weighted by Gasteiger charge is 2.24. The van der Waals surface area contributed by atoms with E-state index in [2.05, 4.69) is 15.1 Å². The van der Waals surface area contributed by atoms with E-state index in [-0.39, 0.29) is 6.04 Å². The Kier molecular flexibility index (Phi) is 4.43. The van der Waals surface area contributed by atoms with Gasteiger partial charge >= 0.3 is 0 Å². The summed E-state index contributed by atoms with van der Waals surface area (Å²) in [6.45, 7) is 1.74. The van der Waals surface area contributed by atoms with E-state index in [1.54, 1.807) is 7.11 Å². The van der Waals surface area contributed by atoms with Gasteiger partial charge in [-0.25, -0.2) is 0 Å². The van der Waals surface area contributed by atoms with Crippen molar-refractivity contribution in [2.24, 2.45) is 5.73 Å². The maximum atomic E-state index is 5.79. The largest absolute Gasteiger partial charge is 0.480 e. The van der Waals surface area contributed by atoms with Gasteiger partial charge in [-0.2, -0.15) is 5.10 Å². The van der Waals surface area contributed by atoms with Gasteiger partial charge in [-0.3, -0.25) is 4.90 Å². The smallest absolute Gasteiger partial charge is 0.233 e. The molecule has 1 aliphatic rings. The number of rotatable bonds is 4. The first-order valence-electron chi connectivity index (χ1n) is 6.10. The first-order valence-corrected chi connectivity index (χ1v) is 6.51. The molecule has 1 unspecified atom stereocenters. The van der Waals surface area contributed by atoms with E-state index >= 15 is 0 Å². The van der Waals surface area contributed by atoms with E-state index in [9.17, 15) is 0 Å². The van der Waals surface area contributed by atoms with Crippen molar-refractivity contribution in [2.45, 2.75) is 31.8 Å². The number of piperidine rings is 1. The fraction of sp³-hybridized carbons (Fsp3) is 0.583. The van der Waals surface area contributed by atoms with Crippen LogP contribution in [0.5, 0.6) is 5.88 Å². The molecule has 0 amide bonds. The summed E-state index contributed by atoms with van der Waals surface area (Å²) in [5, 5.41) is 8.11. The average molecular weight is 266 g/mol. The molecular formula is C12H18N4OS. The number of aromatic nitrogens is 2. The van der Waals surface area contributed by atoms with E-state index in [4.69, 9.17) is 22.7 Å². The lowest BCUT2D eigenvalue weighted by Crippen LogP contribution is -2.46. The molecule has 98 valence electrons. The molecule has 1 fully saturated rings. The fourth-order valence-corrected chi connectivity index (χ4v) is 2.52.